The number of piperazine rings is 1. The lowest BCUT2D eigenvalue weighted by atomic mass is 10.1. The largest absolute Gasteiger partial charge is 0.342 e. The fourth-order valence-electron chi connectivity index (χ4n) is 3.87. The van der Waals surface area contributed by atoms with Crippen LogP contribution in [0, 0.1) is 6.92 Å². The van der Waals surface area contributed by atoms with Gasteiger partial charge in [-0.3, -0.25) is 14.6 Å². The molecule has 2 aliphatic rings. The molecular weight excluding hydrogens is 354 g/mol. The summed E-state index contributed by atoms with van der Waals surface area (Å²) in [6, 6.07) is 8.13. The van der Waals surface area contributed by atoms with E-state index >= 15 is 0 Å². The number of hydrogen-bond acceptors (Lipinski definition) is 6. The highest BCUT2D eigenvalue weighted by molar-refractivity contribution is 5.78. The van der Waals surface area contributed by atoms with Gasteiger partial charge in [0.2, 0.25) is 17.6 Å². The molecule has 1 aromatic carbocycles. The molecule has 2 aliphatic heterocycles. The van der Waals surface area contributed by atoms with Crippen molar-refractivity contribution in [3.05, 3.63) is 35.7 Å². The Morgan fingerprint density at radius 1 is 0.964 bits per heavy atom. The van der Waals surface area contributed by atoms with Crippen LogP contribution >= 0.6 is 0 Å². The molecule has 3 heterocycles. The number of benzene rings is 1. The van der Waals surface area contributed by atoms with Crippen LogP contribution in [0.25, 0.3) is 11.4 Å². The van der Waals surface area contributed by atoms with Gasteiger partial charge < -0.3 is 9.42 Å². The standard InChI is InChI=1S/C21H29N5O2/c1-17-5-7-18(8-6-17)21-22-19(28-23-21)15-24-11-13-25(14-12-24)16-20(27)26-9-3-2-4-10-26/h5-8H,2-4,9-16H2,1H3. The lowest BCUT2D eigenvalue weighted by molar-refractivity contribution is -0.133. The Bertz CT molecular complexity index is 774. The first-order valence-electron chi connectivity index (χ1n) is 10.3. The van der Waals surface area contributed by atoms with Crippen LogP contribution in [0.5, 0.6) is 0 Å². The maximum Gasteiger partial charge on any atom is 0.241 e. The van der Waals surface area contributed by atoms with E-state index in [1.165, 1.54) is 12.0 Å². The Morgan fingerprint density at radius 2 is 1.64 bits per heavy atom. The molecule has 0 spiro atoms. The molecule has 28 heavy (non-hydrogen) atoms. The Balaban J connectivity index is 1.24. The molecule has 1 amide bonds. The third-order valence-electron chi connectivity index (χ3n) is 5.67. The molecule has 0 N–H and O–H groups in total. The highest BCUT2D eigenvalue weighted by Crippen LogP contribution is 2.17. The summed E-state index contributed by atoms with van der Waals surface area (Å²) in [4.78, 5) is 23.6. The summed E-state index contributed by atoms with van der Waals surface area (Å²) < 4.78 is 5.45. The van der Waals surface area contributed by atoms with Gasteiger partial charge in [-0.05, 0) is 26.2 Å². The SMILES string of the molecule is Cc1ccc(-c2noc(CN3CCN(CC(=O)N4CCCCC4)CC3)n2)cc1. The van der Waals surface area contributed by atoms with Crippen molar-refractivity contribution in [2.24, 2.45) is 0 Å². The van der Waals surface area contributed by atoms with E-state index < -0.39 is 0 Å². The van der Waals surface area contributed by atoms with E-state index in [1.807, 2.05) is 17.0 Å². The van der Waals surface area contributed by atoms with Gasteiger partial charge in [-0.15, -0.1) is 0 Å². The van der Waals surface area contributed by atoms with E-state index in [2.05, 4.69) is 39.0 Å². The minimum atomic E-state index is 0.285. The van der Waals surface area contributed by atoms with E-state index in [4.69, 9.17) is 4.52 Å². The van der Waals surface area contributed by atoms with Gasteiger partial charge >= 0.3 is 0 Å². The predicted molar refractivity (Wildman–Crippen MR) is 107 cm³/mol. The summed E-state index contributed by atoms with van der Waals surface area (Å²) in [6.07, 6.45) is 3.55. The number of aryl methyl sites for hydroxylation is 1. The maximum absolute atomic E-state index is 12.4. The topological polar surface area (TPSA) is 65.7 Å². The molecular formula is C21H29N5O2. The van der Waals surface area contributed by atoms with Crippen molar-refractivity contribution >= 4 is 5.91 Å². The highest BCUT2D eigenvalue weighted by atomic mass is 16.5. The van der Waals surface area contributed by atoms with E-state index in [1.54, 1.807) is 0 Å². The van der Waals surface area contributed by atoms with Crippen molar-refractivity contribution in [2.75, 3.05) is 45.8 Å². The van der Waals surface area contributed by atoms with E-state index in [0.29, 0.717) is 24.8 Å². The van der Waals surface area contributed by atoms with Gasteiger partial charge in [0, 0.05) is 44.8 Å². The van der Waals surface area contributed by atoms with Gasteiger partial charge in [-0.2, -0.15) is 4.98 Å². The first kappa shape index (κ1) is 19.1. The fourth-order valence-corrected chi connectivity index (χ4v) is 3.87. The summed E-state index contributed by atoms with van der Waals surface area (Å²) in [7, 11) is 0. The average molecular weight is 383 g/mol. The quantitative estimate of drug-likeness (QED) is 0.788. The third-order valence-corrected chi connectivity index (χ3v) is 5.67. The van der Waals surface area contributed by atoms with Crippen LogP contribution in [-0.4, -0.2) is 76.6 Å². The van der Waals surface area contributed by atoms with Crippen LogP contribution in [-0.2, 0) is 11.3 Å². The molecule has 7 heteroatoms. The van der Waals surface area contributed by atoms with E-state index in [9.17, 15) is 4.79 Å². The summed E-state index contributed by atoms with van der Waals surface area (Å²) in [5, 5.41) is 4.11. The molecule has 150 valence electrons. The van der Waals surface area contributed by atoms with Gasteiger partial charge in [0.25, 0.3) is 0 Å². The zero-order valence-electron chi connectivity index (χ0n) is 16.6. The third kappa shape index (κ3) is 4.77. The zero-order valence-corrected chi connectivity index (χ0v) is 16.6. The zero-order chi connectivity index (χ0) is 19.3. The fraction of sp³-hybridized carbons (Fsp3) is 0.571. The molecule has 2 saturated heterocycles. The summed E-state index contributed by atoms with van der Waals surface area (Å²) in [5.74, 6) is 1.57. The molecule has 0 unspecified atom stereocenters. The lowest BCUT2D eigenvalue weighted by Crippen LogP contribution is -2.50. The van der Waals surface area contributed by atoms with Crippen LogP contribution in [0.2, 0.25) is 0 Å². The maximum atomic E-state index is 12.4. The minimum Gasteiger partial charge on any atom is -0.342 e. The van der Waals surface area contributed by atoms with Gasteiger partial charge in [0.1, 0.15) is 0 Å². The first-order chi connectivity index (χ1) is 13.7. The molecule has 0 saturated carbocycles. The van der Waals surface area contributed by atoms with Gasteiger partial charge in [-0.1, -0.05) is 35.0 Å². The molecule has 7 nitrogen and oxygen atoms in total. The smallest absolute Gasteiger partial charge is 0.241 e. The number of amides is 1. The Hall–Kier alpha value is -2.25. The molecule has 0 radical (unpaired) electrons. The van der Waals surface area contributed by atoms with Crippen molar-refractivity contribution < 1.29 is 9.32 Å². The Kier molecular flexibility index (Phi) is 6.02. The van der Waals surface area contributed by atoms with Crippen molar-refractivity contribution in [2.45, 2.75) is 32.7 Å². The predicted octanol–water partition coefficient (Wildman–Crippen LogP) is 2.18. The molecule has 1 aromatic heterocycles. The lowest BCUT2D eigenvalue weighted by Gasteiger charge is -2.35. The summed E-state index contributed by atoms with van der Waals surface area (Å²) in [6.45, 7) is 8.75. The molecule has 2 fully saturated rings. The number of carbonyl (C=O) groups excluding carboxylic acids is 1. The second-order valence-electron chi connectivity index (χ2n) is 7.87. The van der Waals surface area contributed by atoms with E-state index in [-0.39, 0.29) is 5.91 Å². The van der Waals surface area contributed by atoms with Crippen LogP contribution in [0.3, 0.4) is 0 Å². The number of aromatic nitrogens is 2. The number of piperidine rings is 1. The number of nitrogens with zero attached hydrogens (tertiary/aromatic N) is 5. The van der Waals surface area contributed by atoms with Crippen molar-refractivity contribution in [1.82, 2.24) is 24.8 Å². The number of carbonyl (C=O) groups is 1. The second kappa shape index (κ2) is 8.84. The molecule has 0 bridgehead atoms. The number of rotatable bonds is 5. The van der Waals surface area contributed by atoms with Crippen LogP contribution < -0.4 is 0 Å². The van der Waals surface area contributed by atoms with Gasteiger partial charge in [-0.25, -0.2) is 0 Å². The molecule has 0 atom stereocenters. The van der Waals surface area contributed by atoms with Crippen molar-refractivity contribution in [3.8, 4) is 11.4 Å². The normalized spacial score (nSPS) is 19.1. The molecule has 2 aromatic rings. The number of likely N-dealkylation sites (tertiary alicyclic amines) is 1. The first-order valence-corrected chi connectivity index (χ1v) is 10.3. The highest BCUT2D eigenvalue weighted by Gasteiger charge is 2.23. The van der Waals surface area contributed by atoms with Crippen molar-refractivity contribution in [1.29, 1.82) is 0 Å². The molecule has 4 rings (SSSR count). The minimum absolute atomic E-state index is 0.285. The van der Waals surface area contributed by atoms with Crippen LogP contribution in [0.1, 0.15) is 30.7 Å². The summed E-state index contributed by atoms with van der Waals surface area (Å²) >= 11 is 0. The average Bonchev–Trinajstić information content (AvgIpc) is 3.19. The van der Waals surface area contributed by atoms with Crippen LogP contribution in [0.15, 0.2) is 28.8 Å². The van der Waals surface area contributed by atoms with Gasteiger partial charge in [0.05, 0.1) is 13.1 Å². The van der Waals surface area contributed by atoms with Crippen LogP contribution in [0.4, 0.5) is 0 Å². The Morgan fingerprint density at radius 3 is 2.36 bits per heavy atom. The van der Waals surface area contributed by atoms with Crippen molar-refractivity contribution in [3.63, 3.8) is 0 Å². The Labute approximate surface area is 166 Å². The number of hydrogen-bond donors (Lipinski definition) is 0. The molecule has 0 aliphatic carbocycles. The van der Waals surface area contributed by atoms with E-state index in [0.717, 1.165) is 57.7 Å². The summed E-state index contributed by atoms with van der Waals surface area (Å²) in [5.41, 5.74) is 2.19. The van der Waals surface area contributed by atoms with Gasteiger partial charge in [0.15, 0.2) is 0 Å². The monoisotopic (exact) mass is 383 g/mol. The second-order valence-corrected chi connectivity index (χ2v) is 7.87.